The van der Waals surface area contributed by atoms with Gasteiger partial charge in [-0.05, 0) is 49.2 Å². The van der Waals surface area contributed by atoms with Crippen LogP contribution in [-0.4, -0.2) is 36.3 Å². The summed E-state index contributed by atoms with van der Waals surface area (Å²) in [7, 11) is 1.63. The number of aromatic carboxylic acids is 1. The first-order valence-corrected chi connectivity index (χ1v) is 7.33. The van der Waals surface area contributed by atoms with Gasteiger partial charge in [0.1, 0.15) is 17.1 Å². The number of hydrogen-bond acceptors (Lipinski definition) is 4. The summed E-state index contributed by atoms with van der Waals surface area (Å²) < 4.78 is 5.15. The molecule has 0 saturated carbocycles. The number of carboxylic acids is 1. The fraction of sp³-hybridized carbons (Fsp3) is 0.294. The van der Waals surface area contributed by atoms with Crippen LogP contribution in [0.4, 0.5) is 5.82 Å². The first-order chi connectivity index (χ1) is 10.7. The maximum absolute atomic E-state index is 11.4. The molecule has 0 amide bonds. The summed E-state index contributed by atoms with van der Waals surface area (Å²) in [4.78, 5) is 18.1. The highest BCUT2D eigenvalue weighted by Crippen LogP contribution is 2.28. The minimum atomic E-state index is -0.935. The van der Waals surface area contributed by atoms with Crippen molar-refractivity contribution in [3.8, 4) is 17.0 Å². The van der Waals surface area contributed by atoms with E-state index in [1.165, 1.54) is 0 Å². The zero-order valence-corrected chi connectivity index (χ0v) is 12.5. The highest BCUT2D eigenvalue weighted by atomic mass is 16.5. The standard InChI is InChI=1S/C17H18N2O3/c1-22-13-6-4-12(5-7-13)15-9-8-14(17(20)21)16(18-15)19-10-2-3-11-19/h4-9H,2-3,10-11H2,1H3,(H,20,21). The molecule has 114 valence electrons. The average Bonchev–Trinajstić information content (AvgIpc) is 3.08. The topological polar surface area (TPSA) is 62.7 Å². The van der Waals surface area contributed by atoms with Crippen molar-refractivity contribution < 1.29 is 14.6 Å². The molecule has 0 aliphatic carbocycles. The summed E-state index contributed by atoms with van der Waals surface area (Å²) >= 11 is 0. The summed E-state index contributed by atoms with van der Waals surface area (Å²) in [5.41, 5.74) is 1.98. The van der Waals surface area contributed by atoms with E-state index in [2.05, 4.69) is 9.88 Å². The molecule has 1 aromatic carbocycles. The zero-order chi connectivity index (χ0) is 15.5. The molecule has 1 N–H and O–H groups in total. The summed E-state index contributed by atoms with van der Waals surface area (Å²) in [6.45, 7) is 1.72. The fourth-order valence-electron chi connectivity index (χ4n) is 2.71. The monoisotopic (exact) mass is 298 g/mol. The minimum Gasteiger partial charge on any atom is -0.497 e. The normalized spacial score (nSPS) is 14.1. The van der Waals surface area contributed by atoms with Crippen molar-refractivity contribution in [2.24, 2.45) is 0 Å². The van der Waals surface area contributed by atoms with Crippen LogP contribution in [0.1, 0.15) is 23.2 Å². The molecule has 2 heterocycles. The van der Waals surface area contributed by atoms with Crippen LogP contribution >= 0.6 is 0 Å². The van der Waals surface area contributed by atoms with Gasteiger partial charge >= 0.3 is 5.97 Å². The van der Waals surface area contributed by atoms with Crippen LogP contribution < -0.4 is 9.64 Å². The number of pyridine rings is 1. The van der Waals surface area contributed by atoms with Gasteiger partial charge in [-0.25, -0.2) is 9.78 Å². The molecule has 1 aliphatic rings. The number of rotatable bonds is 4. The molecule has 1 aliphatic heterocycles. The minimum absolute atomic E-state index is 0.263. The van der Waals surface area contributed by atoms with Crippen LogP contribution in [0.3, 0.4) is 0 Å². The third kappa shape index (κ3) is 2.74. The molecule has 0 spiro atoms. The van der Waals surface area contributed by atoms with Gasteiger partial charge in [-0.15, -0.1) is 0 Å². The maximum Gasteiger partial charge on any atom is 0.339 e. The Morgan fingerprint density at radius 2 is 1.82 bits per heavy atom. The average molecular weight is 298 g/mol. The van der Waals surface area contributed by atoms with Crippen LogP contribution in [0.25, 0.3) is 11.3 Å². The number of nitrogens with zero attached hydrogens (tertiary/aromatic N) is 2. The summed E-state index contributed by atoms with van der Waals surface area (Å²) in [5, 5.41) is 9.37. The Morgan fingerprint density at radius 3 is 2.41 bits per heavy atom. The smallest absolute Gasteiger partial charge is 0.339 e. The molecule has 1 fully saturated rings. The lowest BCUT2D eigenvalue weighted by Gasteiger charge is -2.19. The molecule has 22 heavy (non-hydrogen) atoms. The van der Waals surface area contributed by atoms with Crippen molar-refractivity contribution in [3.63, 3.8) is 0 Å². The summed E-state index contributed by atoms with van der Waals surface area (Å²) in [6.07, 6.45) is 2.15. The Bertz CT molecular complexity index is 677. The van der Waals surface area contributed by atoms with E-state index in [-0.39, 0.29) is 5.56 Å². The highest BCUT2D eigenvalue weighted by Gasteiger charge is 2.21. The first-order valence-electron chi connectivity index (χ1n) is 7.33. The molecule has 3 rings (SSSR count). The Morgan fingerprint density at radius 1 is 1.14 bits per heavy atom. The van der Waals surface area contributed by atoms with Crippen LogP contribution in [0, 0.1) is 0 Å². The van der Waals surface area contributed by atoms with E-state index < -0.39 is 5.97 Å². The molecule has 1 aromatic heterocycles. The van der Waals surface area contributed by atoms with E-state index in [1.54, 1.807) is 19.2 Å². The number of anilines is 1. The predicted octanol–water partition coefficient (Wildman–Crippen LogP) is 3.06. The van der Waals surface area contributed by atoms with E-state index in [4.69, 9.17) is 4.74 Å². The number of carbonyl (C=O) groups is 1. The van der Waals surface area contributed by atoms with Crippen LogP contribution in [-0.2, 0) is 0 Å². The fourth-order valence-corrected chi connectivity index (χ4v) is 2.71. The SMILES string of the molecule is COc1ccc(-c2ccc(C(=O)O)c(N3CCCC3)n2)cc1. The van der Waals surface area contributed by atoms with Gasteiger partial charge in [-0.2, -0.15) is 0 Å². The second-order valence-electron chi connectivity index (χ2n) is 5.30. The van der Waals surface area contributed by atoms with Gasteiger partial charge < -0.3 is 14.7 Å². The highest BCUT2D eigenvalue weighted by molar-refractivity contribution is 5.94. The number of aromatic nitrogens is 1. The van der Waals surface area contributed by atoms with Crippen LogP contribution in [0.5, 0.6) is 5.75 Å². The molecule has 0 unspecified atom stereocenters. The predicted molar refractivity (Wildman–Crippen MR) is 84.6 cm³/mol. The van der Waals surface area contributed by atoms with Crippen molar-refractivity contribution >= 4 is 11.8 Å². The number of carboxylic acid groups (broad SMARTS) is 1. The van der Waals surface area contributed by atoms with Gasteiger partial charge in [0.2, 0.25) is 0 Å². The lowest BCUT2D eigenvalue weighted by molar-refractivity contribution is 0.0697. The van der Waals surface area contributed by atoms with E-state index in [1.807, 2.05) is 24.3 Å². The largest absolute Gasteiger partial charge is 0.497 e. The zero-order valence-electron chi connectivity index (χ0n) is 12.5. The van der Waals surface area contributed by atoms with Crippen molar-refractivity contribution in [3.05, 3.63) is 42.0 Å². The first kappa shape index (κ1) is 14.4. The van der Waals surface area contributed by atoms with Crippen molar-refractivity contribution in [2.75, 3.05) is 25.1 Å². The molecule has 1 saturated heterocycles. The Balaban J connectivity index is 2.01. The van der Waals surface area contributed by atoms with E-state index in [9.17, 15) is 9.90 Å². The number of hydrogen-bond donors (Lipinski definition) is 1. The van der Waals surface area contributed by atoms with Crippen molar-refractivity contribution in [2.45, 2.75) is 12.8 Å². The van der Waals surface area contributed by atoms with E-state index >= 15 is 0 Å². The van der Waals surface area contributed by atoms with Gasteiger partial charge in [-0.1, -0.05) is 0 Å². The van der Waals surface area contributed by atoms with Gasteiger partial charge in [0.15, 0.2) is 0 Å². The molecule has 0 radical (unpaired) electrons. The van der Waals surface area contributed by atoms with E-state index in [0.29, 0.717) is 5.82 Å². The molecule has 5 heteroatoms. The van der Waals surface area contributed by atoms with Crippen molar-refractivity contribution in [1.82, 2.24) is 4.98 Å². The van der Waals surface area contributed by atoms with E-state index in [0.717, 1.165) is 42.9 Å². The van der Waals surface area contributed by atoms with Gasteiger partial charge in [0, 0.05) is 18.7 Å². The molecule has 2 aromatic rings. The van der Waals surface area contributed by atoms with Gasteiger partial charge in [-0.3, -0.25) is 0 Å². The molecule has 0 bridgehead atoms. The number of benzene rings is 1. The Hall–Kier alpha value is -2.56. The molecular weight excluding hydrogens is 280 g/mol. The lowest BCUT2D eigenvalue weighted by Crippen LogP contribution is -2.22. The molecular formula is C17H18N2O3. The lowest BCUT2D eigenvalue weighted by atomic mass is 10.1. The molecule has 0 atom stereocenters. The third-order valence-electron chi connectivity index (χ3n) is 3.90. The van der Waals surface area contributed by atoms with Gasteiger partial charge in [0.25, 0.3) is 0 Å². The number of ether oxygens (including phenoxy) is 1. The third-order valence-corrected chi connectivity index (χ3v) is 3.90. The summed E-state index contributed by atoms with van der Waals surface area (Å²) in [5.74, 6) is 0.416. The van der Waals surface area contributed by atoms with Gasteiger partial charge in [0.05, 0.1) is 12.8 Å². The van der Waals surface area contributed by atoms with Crippen LogP contribution in [0.15, 0.2) is 36.4 Å². The second kappa shape index (κ2) is 6.05. The second-order valence-corrected chi connectivity index (χ2v) is 5.30. The number of methoxy groups -OCH3 is 1. The summed E-state index contributed by atoms with van der Waals surface area (Å²) in [6, 6.07) is 11.0. The van der Waals surface area contributed by atoms with Crippen molar-refractivity contribution in [1.29, 1.82) is 0 Å². The quantitative estimate of drug-likeness (QED) is 0.940. The molecule has 5 nitrogen and oxygen atoms in total. The maximum atomic E-state index is 11.4. The Kier molecular flexibility index (Phi) is 3.96. The van der Waals surface area contributed by atoms with Crippen LogP contribution in [0.2, 0.25) is 0 Å². The Labute approximate surface area is 129 Å².